The molecule has 4 rings (SSSR count). The van der Waals surface area contributed by atoms with E-state index in [0.717, 1.165) is 45.1 Å². The van der Waals surface area contributed by atoms with Crippen molar-refractivity contribution in [2.75, 3.05) is 26.2 Å². The standard InChI is InChI=1S/C20H28N4O/c25-19-15-22(14-18(19)23-10-5-2-6-11-23)16-20-21-9-12-24(20)13-17-7-3-1-4-8-17/h1,3-4,7-9,12,18-19,25H,2,5-6,10-11,13-16H2/t18-,19-/m0/s1. The molecular formula is C20H28N4O. The molecule has 2 aromatic rings. The largest absolute Gasteiger partial charge is 0.390 e. The quantitative estimate of drug-likeness (QED) is 0.904. The van der Waals surface area contributed by atoms with E-state index in [4.69, 9.17) is 0 Å². The summed E-state index contributed by atoms with van der Waals surface area (Å²) in [4.78, 5) is 9.41. The molecule has 0 saturated carbocycles. The van der Waals surface area contributed by atoms with Crippen molar-refractivity contribution in [2.45, 2.75) is 44.5 Å². The van der Waals surface area contributed by atoms with Crippen molar-refractivity contribution in [3.63, 3.8) is 0 Å². The van der Waals surface area contributed by atoms with Crippen LogP contribution in [0.5, 0.6) is 0 Å². The molecule has 0 spiro atoms. The van der Waals surface area contributed by atoms with Gasteiger partial charge in [-0.25, -0.2) is 4.98 Å². The Labute approximate surface area is 149 Å². The molecule has 1 aromatic carbocycles. The van der Waals surface area contributed by atoms with Crippen molar-refractivity contribution < 1.29 is 5.11 Å². The number of imidazole rings is 1. The molecule has 2 atom stereocenters. The van der Waals surface area contributed by atoms with E-state index in [0.29, 0.717) is 0 Å². The molecule has 134 valence electrons. The van der Waals surface area contributed by atoms with Gasteiger partial charge in [0.15, 0.2) is 0 Å². The second kappa shape index (κ2) is 7.68. The Bertz CT molecular complexity index is 665. The minimum absolute atomic E-state index is 0.240. The van der Waals surface area contributed by atoms with E-state index in [-0.39, 0.29) is 12.1 Å². The van der Waals surface area contributed by atoms with Gasteiger partial charge in [-0.1, -0.05) is 36.8 Å². The average molecular weight is 340 g/mol. The summed E-state index contributed by atoms with van der Waals surface area (Å²) in [5, 5.41) is 10.5. The van der Waals surface area contributed by atoms with Crippen molar-refractivity contribution in [1.29, 1.82) is 0 Å². The fraction of sp³-hybridized carbons (Fsp3) is 0.550. The van der Waals surface area contributed by atoms with Crippen molar-refractivity contribution in [1.82, 2.24) is 19.4 Å². The third-order valence-electron chi connectivity index (χ3n) is 5.56. The highest BCUT2D eigenvalue weighted by atomic mass is 16.3. The van der Waals surface area contributed by atoms with E-state index in [1.54, 1.807) is 0 Å². The number of likely N-dealkylation sites (tertiary alicyclic amines) is 2. The summed E-state index contributed by atoms with van der Waals surface area (Å²) >= 11 is 0. The first-order chi connectivity index (χ1) is 12.3. The second-order valence-corrected chi connectivity index (χ2v) is 7.38. The Morgan fingerprint density at radius 3 is 2.60 bits per heavy atom. The van der Waals surface area contributed by atoms with Crippen LogP contribution in [0.4, 0.5) is 0 Å². The van der Waals surface area contributed by atoms with E-state index in [9.17, 15) is 5.11 Å². The third kappa shape index (κ3) is 3.94. The van der Waals surface area contributed by atoms with Crippen LogP contribution in [0, 0.1) is 0 Å². The lowest BCUT2D eigenvalue weighted by molar-refractivity contribution is 0.0706. The predicted octanol–water partition coefficient (Wildman–Crippen LogP) is 1.96. The minimum Gasteiger partial charge on any atom is -0.390 e. The van der Waals surface area contributed by atoms with Gasteiger partial charge < -0.3 is 9.67 Å². The summed E-state index contributed by atoms with van der Waals surface area (Å²) in [5.41, 5.74) is 1.29. The van der Waals surface area contributed by atoms with E-state index in [1.165, 1.54) is 24.8 Å². The number of β-amino-alcohol motifs (C(OH)–C–C–N with tert-alkyl or cyclic N) is 1. The summed E-state index contributed by atoms with van der Waals surface area (Å²) in [5.74, 6) is 1.08. The maximum atomic E-state index is 10.5. The monoisotopic (exact) mass is 340 g/mol. The zero-order valence-electron chi connectivity index (χ0n) is 14.8. The van der Waals surface area contributed by atoms with Crippen LogP contribution < -0.4 is 0 Å². The van der Waals surface area contributed by atoms with Crippen LogP contribution in [0.25, 0.3) is 0 Å². The van der Waals surface area contributed by atoms with Gasteiger partial charge in [0.1, 0.15) is 5.82 Å². The normalized spacial score (nSPS) is 25.5. The number of benzene rings is 1. The van der Waals surface area contributed by atoms with Gasteiger partial charge in [0.25, 0.3) is 0 Å². The van der Waals surface area contributed by atoms with Gasteiger partial charge in [0.2, 0.25) is 0 Å². The molecule has 1 N–H and O–H groups in total. The number of aliphatic hydroxyl groups excluding tert-OH is 1. The number of piperidine rings is 1. The Hall–Kier alpha value is -1.69. The van der Waals surface area contributed by atoms with Crippen LogP contribution in [-0.4, -0.2) is 62.8 Å². The molecule has 5 heteroatoms. The molecule has 0 bridgehead atoms. The molecule has 2 fully saturated rings. The number of hydrogen-bond acceptors (Lipinski definition) is 4. The highest BCUT2D eigenvalue weighted by Crippen LogP contribution is 2.22. The summed E-state index contributed by atoms with van der Waals surface area (Å²) in [6.07, 6.45) is 7.56. The molecular weight excluding hydrogens is 312 g/mol. The summed E-state index contributed by atoms with van der Waals surface area (Å²) < 4.78 is 2.22. The number of hydrogen-bond donors (Lipinski definition) is 1. The molecule has 0 unspecified atom stereocenters. The van der Waals surface area contributed by atoms with Gasteiger partial charge >= 0.3 is 0 Å². The van der Waals surface area contributed by atoms with Crippen molar-refractivity contribution >= 4 is 0 Å². The highest BCUT2D eigenvalue weighted by Gasteiger charge is 2.36. The number of aromatic nitrogens is 2. The molecule has 2 aliphatic heterocycles. The Kier molecular flexibility index (Phi) is 5.15. The smallest absolute Gasteiger partial charge is 0.123 e. The third-order valence-corrected chi connectivity index (χ3v) is 5.56. The molecule has 0 radical (unpaired) electrons. The Morgan fingerprint density at radius 2 is 1.80 bits per heavy atom. The maximum Gasteiger partial charge on any atom is 0.123 e. The zero-order chi connectivity index (χ0) is 17.1. The zero-order valence-corrected chi connectivity index (χ0v) is 14.8. The first-order valence-corrected chi connectivity index (χ1v) is 9.48. The first-order valence-electron chi connectivity index (χ1n) is 9.48. The molecule has 25 heavy (non-hydrogen) atoms. The van der Waals surface area contributed by atoms with Crippen LogP contribution in [0.15, 0.2) is 42.7 Å². The Balaban J connectivity index is 1.39. The minimum atomic E-state index is -0.240. The molecule has 3 heterocycles. The SMILES string of the molecule is O[C@H]1CN(Cc2nccn2Cc2ccccc2)C[C@@H]1N1CCCCC1. The summed E-state index contributed by atoms with van der Waals surface area (Å²) in [7, 11) is 0. The first kappa shape index (κ1) is 16.8. The average Bonchev–Trinajstić information content (AvgIpc) is 3.23. The predicted molar refractivity (Wildman–Crippen MR) is 98.3 cm³/mol. The van der Waals surface area contributed by atoms with Crippen LogP contribution in [0.2, 0.25) is 0 Å². The van der Waals surface area contributed by atoms with E-state index < -0.39 is 0 Å². The maximum absolute atomic E-state index is 10.5. The summed E-state index contributed by atoms with van der Waals surface area (Å²) in [6, 6.07) is 10.8. The number of rotatable bonds is 5. The van der Waals surface area contributed by atoms with Gasteiger partial charge in [0, 0.05) is 38.1 Å². The van der Waals surface area contributed by atoms with E-state index in [2.05, 4.69) is 49.8 Å². The van der Waals surface area contributed by atoms with Gasteiger partial charge in [-0.3, -0.25) is 9.80 Å². The second-order valence-electron chi connectivity index (χ2n) is 7.38. The molecule has 0 aliphatic carbocycles. The molecule has 0 amide bonds. The summed E-state index contributed by atoms with van der Waals surface area (Å²) in [6.45, 7) is 5.62. The van der Waals surface area contributed by atoms with Crippen LogP contribution in [0.3, 0.4) is 0 Å². The lowest BCUT2D eigenvalue weighted by atomic mass is 10.1. The number of nitrogens with zero attached hydrogens (tertiary/aromatic N) is 4. The van der Waals surface area contributed by atoms with Gasteiger partial charge in [-0.2, -0.15) is 0 Å². The molecule has 1 aromatic heterocycles. The molecule has 2 aliphatic rings. The fourth-order valence-corrected chi connectivity index (χ4v) is 4.20. The van der Waals surface area contributed by atoms with Crippen molar-refractivity contribution in [2.24, 2.45) is 0 Å². The van der Waals surface area contributed by atoms with Crippen LogP contribution in [-0.2, 0) is 13.1 Å². The highest BCUT2D eigenvalue weighted by molar-refractivity contribution is 5.16. The van der Waals surface area contributed by atoms with Crippen LogP contribution in [0.1, 0.15) is 30.7 Å². The van der Waals surface area contributed by atoms with Gasteiger partial charge in [-0.15, -0.1) is 0 Å². The Morgan fingerprint density at radius 1 is 1.00 bits per heavy atom. The van der Waals surface area contributed by atoms with Gasteiger partial charge in [0.05, 0.1) is 12.6 Å². The lowest BCUT2D eigenvalue weighted by Crippen LogP contribution is -2.45. The lowest BCUT2D eigenvalue weighted by Gasteiger charge is -2.33. The topological polar surface area (TPSA) is 44.5 Å². The van der Waals surface area contributed by atoms with Gasteiger partial charge in [-0.05, 0) is 31.5 Å². The van der Waals surface area contributed by atoms with Crippen molar-refractivity contribution in [3.05, 3.63) is 54.1 Å². The number of aliphatic hydroxyl groups is 1. The van der Waals surface area contributed by atoms with Crippen LogP contribution >= 0.6 is 0 Å². The fourth-order valence-electron chi connectivity index (χ4n) is 4.20. The van der Waals surface area contributed by atoms with E-state index in [1.807, 2.05) is 12.3 Å². The van der Waals surface area contributed by atoms with E-state index >= 15 is 0 Å². The van der Waals surface area contributed by atoms with Crippen molar-refractivity contribution in [3.8, 4) is 0 Å². The molecule has 2 saturated heterocycles. The molecule has 5 nitrogen and oxygen atoms in total.